The van der Waals surface area contributed by atoms with Gasteiger partial charge in [-0.2, -0.15) is 4.68 Å². The Morgan fingerprint density at radius 1 is 1.18 bits per heavy atom. The van der Waals surface area contributed by atoms with E-state index in [9.17, 15) is 31.2 Å². The fourth-order valence-corrected chi connectivity index (χ4v) is 4.51. The van der Waals surface area contributed by atoms with Gasteiger partial charge in [-0.1, -0.05) is 35.3 Å². The average Bonchev–Trinajstić information content (AvgIpc) is 3.04. The van der Waals surface area contributed by atoms with Crippen molar-refractivity contribution in [3.05, 3.63) is 68.6 Å². The number of amides is 1. The van der Waals surface area contributed by atoms with Crippen LogP contribution >= 0.6 is 23.2 Å². The van der Waals surface area contributed by atoms with Crippen LogP contribution in [0.2, 0.25) is 10.0 Å². The monoisotopic (exact) mass is 538 g/mol. The molecule has 0 aliphatic carbocycles. The number of carbonyl (C=O) groups excluding carboxylic acids is 1. The summed E-state index contributed by atoms with van der Waals surface area (Å²) in [6.45, 7) is 1.18. The highest BCUT2D eigenvalue weighted by Crippen LogP contribution is 2.30. The first kappa shape index (κ1) is 25.6. The maximum atomic E-state index is 14.5. The number of hydrogen-bond acceptors (Lipinski definition) is 6. The topological polar surface area (TPSA) is 112 Å². The molecule has 0 aliphatic rings. The van der Waals surface area contributed by atoms with Crippen LogP contribution in [-0.4, -0.2) is 34.8 Å². The van der Waals surface area contributed by atoms with Gasteiger partial charge in [0, 0.05) is 13.1 Å². The molecule has 15 heteroatoms. The van der Waals surface area contributed by atoms with Crippen LogP contribution < -0.4 is 15.1 Å². The maximum absolute atomic E-state index is 14.5. The summed E-state index contributed by atoms with van der Waals surface area (Å²) in [5.74, 6) is -3.44. The first-order valence-electron chi connectivity index (χ1n) is 9.25. The molecule has 0 fully saturated rings. The molecule has 1 heterocycles. The summed E-state index contributed by atoms with van der Waals surface area (Å²) in [4.78, 5) is 24.3. The Morgan fingerprint density at radius 2 is 1.82 bits per heavy atom. The van der Waals surface area contributed by atoms with Crippen LogP contribution in [0.3, 0.4) is 0 Å². The third kappa shape index (κ3) is 5.05. The summed E-state index contributed by atoms with van der Waals surface area (Å²) in [6.07, 6.45) is -4.58. The number of halogens is 5. The summed E-state index contributed by atoms with van der Waals surface area (Å²) < 4.78 is 73.5. The smallest absolute Gasteiger partial charge is 0.350 e. The van der Waals surface area contributed by atoms with E-state index < -0.39 is 51.5 Å². The van der Waals surface area contributed by atoms with Crippen LogP contribution in [0.15, 0.2) is 46.1 Å². The fraction of sp³-hybridized carbons (Fsp3) is 0.211. The van der Waals surface area contributed by atoms with Gasteiger partial charge in [-0.3, -0.25) is 9.36 Å². The summed E-state index contributed by atoms with van der Waals surface area (Å²) in [6, 6.07) is 7.00. The molecule has 0 spiro atoms. The van der Waals surface area contributed by atoms with E-state index >= 15 is 0 Å². The minimum absolute atomic E-state index is 0.119. The summed E-state index contributed by atoms with van der Waals surface area (Å²) >= 11 is 11.8. The van der Waals surface area contributed by atoms with Crippen molar-refractivity contribution in [3.8, 4) is 11.4 Å². The van der Waals surface area contributed by atoms with Crippen LogP contribution in [0.4, 0.5) is 13.2 Å². The number of ether oxygens (including phenoxy) is 1. The molecule has 2 aromatic carbocycles. The molecule has 1 unspecified atom stereocenters. The largest absolute Gasteiger partial charge is 0.479 e. The van der Waals surface area contributed by atoms with Crippen LogP contribution in [0.5, 0.6) is 5.75 Å². The third-order valence-corrected chi connectivity index (χ3v) is 6.61. The molecule has 1 aromatic heterocycles. The van der Waals surface area contributed by atoms with E-state index in [1.54, 1.807) is 4.72 Å². The second-order valence-electron chi connectivity index (χ2n) is 6.81. The summed E-state index contributed by atoms with van der Waals surface area (Å²) in [5, 5.41) is 2.96. The lowest BCUT2D eigenvalue weighted by Gasteiger charge is -2.17. The van der Waals surface area contributed by atoms with Crippen molar-refractivity contribution in [2.75, 3.05) is 0 Å². The van der Waals surface area contributed by atoms with E-state index in [0.717, 1.165) is 19.2 Å². The minimum Gasteiger partial charge on any atom is -0.479 e. The van der Waals surface area contributed by atoms with Crippen molar-refractivity contribution in [1.29, 1.82) is 0 Å². The molecule has 0 aliphatic heterocycles. The van der Waals surface area contributed by atoms with Crippen molar-refractivity contribution in [2.24, 2.45) is 7.05 Å². The van der Waals surface area contributed by atoms with Crippen LogP contribution in [0.1, 0.15) is 19.2 Å². The standard InChI is InChI=1S/C19H15Cl2F3N4O5S/c1-9(18(29)26-34(31,32)15-6-4-3-5-10(15)20)33-14-8-13(12(22)7-11(14)21)28-19(30)27(2)17(25-28)16(23)24/h3-9,16H,1-2H3,(H,26,29). The number of nitrogens with one attached hydrogen (secondary N) is 1. The Balaban J connectivity index is 1.89. The molecule has 0 radical (unpaired) electrons. The Labute approximate surface area is 200 Å². The van der Waals surface area contributed by atoms with E-state index in [0.29, 0.717) is 9.25 Å². The van der Waals surface area contributed by atoms with Gasteiger partial charge in [0.05, 0.1) is 10.0 Å². The quantitative estimate of drug-likeness (QED) is 0.494. The molecule has 1 atom stereocenters. The second kappa shape index (κ2) is 9.68. The molecule has 3 aromatic rings. The van der Waals surface area contributed by atoms with Crippen LogP contribution in [0, 0.1) is 5.82 Å². The molecule has 3 rings (SSSR count). The van der Waals surface area contributed by atoms with E-state index in [2.05, 4.69) is 5.10 Å². The minimum atomic E-state index is -4.34. The maximum Gasteiger partial charge on any atom is 0.350 e. The number of nitrogens with zero attached hydrogens (tertiary/aromatic N) is 3. The van der Waals surface area contributed by atoms with Gasteiger partial charge in [-0.15, -0.1) is 5.10 Å². The lowest BCUT2D eigenvalue weighted by Crippen LogP contribution is -2.40. The van der Waals surface area contributed by atoms with Crippen molar-refractivity contribution < 1.29 is 31.1 Å². The molecule has 0 bridgehead atoms. The van der Waals surface area contributed by atoms with Crippen molar-refractivity contribution in [2.45, 2.75) is 24.3 Å². The zero-order valence-electron chi connectivity index (χ0n) is 17.3. The molecule has 1 amide bonds. The highest BCUT2D eigenvalue weighted by molar-refractivity contribution is 7.90. The number of hydrogen-bond donors (Lipinski definition) is 1. The molecule has 1 N–H and O–H groups in total. The number of alkyl halides is 2. The van der Waals surface area contributed by atoms with E-state index in [1.165, 1.54) is 31.2 Å². The number of carbonyl (C=O) groups is 1. The highest BCUT2D eigenvalue weighted by atomic mass is 35.5. The molecule has 34 heavy (non-hydrogen) atoms. The van der Waals surface area contributed by atoms with Crippen molar-refractivity contribution in [1.82, 2.24) is 19.1 Å². The lowest BCUT2D eigenvalue weighted by atomic mass is 10.2. The highest BCUT2D eigenvalue weighted by Gasteiger charge is 2.26. The zero-order chi connectivity index (χ0) is 25.4. The van der Waals surface area contributed by atoms with Gasteiger partial charge in [-0.25, -0.2) is 31.1 Å². The zero-order valence-corrected chi connectivity index (χ0v) is 19.6. The van der Waals surface area contributed by atoms with E-state index in [-0.39, 0.29) is 20.7 Å². The molecule has 0 saturated carbocycles. The fourth-order valence-electron chi connectivity index (χ4n) is 2.75. The van der Waals surface area contributed by atoms with Gasteiger partial charge < -0.3 is 4.74 Å². The average molecular weight is 539 g/mol. The Bertz CT molecular complexity index is 1430. The SMILES string of the molecule is CC(Oc1cc(-n2nc(C(F)F)n(C)c2=O)c(F)cc1Cl)C(=O)NS(=O)(=O)c1ccccc1Cl. The summed E-state index contributed by atoms with van der Waals surface area (Å²) in [7, 11) is -3.31. The normalized spacial score (nSPS) is 12.6. The van der Waals surface area contributed by atoms with E-state index in [1.807, 2.05) is 0 Å². The van der Waals surface area contributed by atoms with E-state index in [4.69, 9.17) is 27.9 Å². The lowest BCUT2D eigenvalue weighted by molar-refractivity contribution is -0.125. The predicted octanol–water partition coefficient (Wildman–Crippen LogP) is 3.23. The van der Waals surface area contributed by atoms with Crippen LogP contribution in [0.25, 0.3) is 5.69 Å². The van der Waals surface area contributed by atoms with Crippen molar-refractivity contribution in [3.63, 3.8) is 0 Å². The Morgan fingerprint density at radius 3 is 2.41 bits per heavy atom. The van der Waals surface area contributed by atoms with Gasteiger partial charge >= 0.3 is 5.69 Å². The summed E-state index contributed by atoms with van der Waals surface area (Å²) in [5.41, 5.74) is -1.65. The number of sulfonamides is 1. The number of aromatic nitrogens is 3. The predicted molar refractivity (Wildman–Crippen MR) is 116 cm³/mol. The van der Waals surface area contributed by atoms with Gasteiger partial charge in [0.2, 0.25) is 5.82 Å². The van der Waals surface area contributed by atoms with Gasteiger partial charge in [0.1, 0.15) is 16.3 Å². The van der Waals surface area contributed by atoms with Gasteiger partial charge in [-0.05, 0) is 25.1 Å². The first-order chi connectivity index (χ1) is 15.8. The second-order valence-corrected chi connectivity index (χ2v) is 9.27. The Kier molecular flexibility index (Phi) is 7.29. The van der Waals surface area contributed by atoms with Gasteiger partial charge in [0.25, 0.3) is 22.4 Å². The molecule has 0 saturated heterocycles. The number of benzene rings is 2. The number of rotatable bonds is 7. The molecular weight excluding hydrogens is 524 g/mol. The molecule has 9 nitrogen and oxygen atoms in total. The molecular formula is C19H15Cl2F3N4O5S. The third-order valence-electron chi connectivity index (χ3n) is 4.47. The van der Waals surface area contributed by atoms with Crippen molar-refractivity contribution >= 4 is 39.1 Å². The first-order valence-corrected chi connectivity index (χ1v) is 11.5. The van der Waals surface area contributed by atoms with Crippen LogP contribution in [-0.2, 0) is 21.9 Å². The van der Waals surface area contributed by atoms with Gasteiger partial charge in [0.15, 0.2) is 11.9 Å². The molecule has 182 valence electrons. The Hall–Kier alpha value is -3.03.